The molecule has 6 nitrogen and oxygen atoms in total. The molecule has 6 heteroatoms. The Morgan fingerprint density at radius 2 is 1.74 bits per heavy atom. The standard InChI is InChI=1S/C28H35NO5/c1-5-22(17-24-13-10-14-25(18-24)33-4)15-21(3)16-26(30)29(20-23-11-8-7-9-12-23)27(31)19-28(32)34-6-2/h5,7-14,18,21-22H,1,6,15-17,19-20H2,2-4H3/t21-,22+/m1/s1. The second-order valence-electron chi connectivity index (χ2n) is 8.44. The first-order valence-corrected chi connectivity index (χ1v) is 11.6. The monoisotopic (exact) mass is 465 g/mol. The van der Waals surface area contributed by atoms with E-state index in [4.69, 9.17) is 9.47 Å². The molecule has 0 aliphatic rings. The van der Waals surface area contributed by atoms with E-state index in [-0.39, 0.29) is 37.3 Å². The lowest BCUT2D eigenvalue weighted by Crippen LogP contribution is -2.38. The third kappa shape index (κ3) is 8.85. The summed E-state index contributed by atoms with van der Waals surface area (Å²) >= 11 is 0. The van der Waals surface area contributed by atoms with Gasteiger partial charge in [-0.25, -0.2) is 0 Å². The zero-order valence-electron chi connectivity index (χ0n) is 20.4. The summed E-state index contributed by atoms with van der Waals surface area (Å²) in [6.07, 6.45) is 3.19. The Balaban J connectivity index is 2.05. The number of hydrogen-bond donors (Lipinski definition) is 0. The first-order chi connectivity index (χ1) is 16.4. The maximum atomic E-state index is 13.2. The third-order valence-electron chi connectivity index (χ3n) is 5.58. The van der Waals surface area contributed by atoms with Gasteiger partial charge in [-0.2, -0.15) is 0 Å². The van der Waals surface area contributed by atoms with Crippen molar-refractivity contribution in [2.75, 3.05) is 13.7 Å². The van der Waals surface area contributed by atoms with Gasteiger partial charge < -0.3 is 9.47 Å². The van der Waals surface area contributed by atoms with Crippen molar-refractivity contribution in [2.45, 2.75) is 46.1 Å². The highest BCUT2D eigenvalue weighted by Gasteiger charge is 2.26. The summed E-state index contributed by atoms with van der Waals surface area (Å²) < 4.78 is 10.2. The van der Waals surface area contributed by atoms with Gasteiger partial charge in [-0.1, -0.05) is 55.5 Å². The molecule has 0 unspecified atom stereocenters. The maximum Gasteiger partial charge on any atom is 0.315 e. The van der Waals surface area contributed by atoms with Gasteiger partial charge in [-0.3, -0.25) is 19.3 Å². The number of allylic oxidation sites excluding steroid dienone is 1. The number of ether oxygens (including phenoxy) is 2. The topological polar surface area (TPSA) is 72.9 Å². The zero-order chi connectivity index (χ0) is 24.9. The largest absolute Gasteiger partial charge is 0.497 e. The van der Waals surface area contributed by atoms with Crippen LogP contribution in [0.2, 0.25) is 0 Å². The van der Waals surface area contributed by atoms with Crippen molar-refractivity contribution in [3.05, 3.63) is 78.4 Å². The van der Waals surface area contributed by atoms with Crippen LogP contribution in [0.5, 0.6) is 5.75 Å². The summed E-state index contributed by atoms with van der Waals surface area (Å²) in [7, 11) is 1.64. The second-order valence-corrected chi connectivity index (χ2v) is 8.44. The number of hydrogen-bond acceptors (Lipinski definition) is 5. The van der Waals surface area contributed by atoms with Gasteiger partial charge in [0.1, 0.15) is 12.2 Å². The molecule has 2 aromatic carbocycles. The molecular formula is C28H35NO5. The van der Waals surface area contributed by atoms with Crippen LogP contribution in [0.3, 0.4) is 0 Å². The summed E-state index contributed by atoms with van der Waals surface area (Å²) in [4.78, 5) is 39.0. The number of esters is 1. The second kappa shape index (κ2) is 14.0. The molecule has 0 spiro atoms. The molecule has 0 heterocycles. The number of nitrogens with zero attached hydrogens (tertiary/aromatic N) is 1. The van der Waals surface area contributed by atoms with Gasteiger partial charge in [0.05, 0.1) is 20.3 Å². The Kier molecular flexibility index (Phi) is 11.0. The highest BCUT2D eigenvalue weighted by Crippen LogP contribution is 2.24. The van der Waals surface area contributed by atoms with E-state index in [9.17, 15) is 14.4 Å². The number of imide groups is 1. The summed E-state index contributed by atoms with van der Waals surface area (Å²) in [6.45, 7) is 7.96. The molecule has 0 aliphatic carbocycles. The smallest absolute Gasteiger partial charge is 0.315 e. The molecule has 2 atom stereocenters. The van der Waals surface area contributed by atoms with E-state index >= 15 is 0 Å². The maximum absolute atomic E-state index is 13.2. The fourth-order valence-corrected chi connectivity index (χ4v) is 3.89. The molecule has 182 valence electrons. The molecule has 0 fully saturated rings. The minimum atomic E-state index is -0.628. The minimum Gasteiger partial charge on any atom is -0.497 e. The van der Waals surface area contributed by atoms with Crippen LogP contribution in [0.4, 0.5) is 0 Å². The van der Waals surface area contributed by atoms with E-state index in [1.54, 1.807) is 14.0 Å². The third-order valence-corrected chi connectivity index (χ3v) is 5.58. The summed E-state index contributed by atoms with van der Waals surface area (Å²) in [5.41, 5.74) is 1.96. The molecule has 0 aromatic heterocycles. The highest BCUT2D eigenvalue weighted by molar-refractivity contribution is 6.02. The van der Waals surface area contributed by atoms with Gasteiger partial charge in [0.25, 0.3) is 0 Å². The van der Waals surface area contributed by atoms with Crippen LogP contribution in [0.25, 0.3) is 0 Å². The number of carbonyl (C=O) groups excluding carboxylic acids is 3. The summed E-state index contributed by atoms with van der Waals surface area (Å²) in [5.74, 6) is -0.467. The van der Waals surface area contributed by atoms with Gasteiger partial charge in [-0.05, 0) is 54.9 Å². The van der Waals surface area contributed by atoms with E-state index in [1.807, 2.05) is 67.6 Å². The van der Waals surface area contributed by atoms with Crippen molar-refractivity contribution in [2.24, 2.45) is 11.8 Å². The van der Waals surface area contributed by atoms with Crippen LogP contribution in [0.1, 0.15) is 44.2 Å². The lowest BCUT2D eigenvalue weighted by atomic mass is 9.88. The summed E-state index contributed by atoms with van der Waals surface area (Å²) in [6, 6.07) is 17.2. The number of carbonyl (C=O) groups is 3. The Bertz CT molecular complexity index is 956. The van der Waals surface area contributed by atoms with Crippen LogP contribution in [-0.4, -0.2) is 36.4 Å². The van der Waals surface area contributed by atoms with Gasteiger partial charge in [0.2, 0.25) is 11.8 Å². The van der Waals surface area contributed by atoms with Gasteiger partial charge >= 0.3 is 5.97 Å². The molecule has 0 saturated heterocycles. The van der Waals surface area contributed by atoms with Crippen molar-refractivity contribution in [3.63, 3.8) is 0 Å². The SMILES string of the molecule is C=C[C@H](Cc1cccc(OC)c1)C[C@@H](C)CC(=O)N(Cc1ccccc1)C(=O)CC(=O)OCC. The Morgan fingerprint density at radius 1 is 1.03 bits per heavy atom. The molecule has 0 bridgehead atoms. The van der Waals surface area contributed by atoms with E-state index < -0.39 is 18.3 Å². The number of methoxy groups -OCH3 is 1. The van der Waals surface area contributed by atoms with Crippen molar-refractivity contribution in [3.8, 4) is 5.75 Å². The van der Waals surface area contributed by atoms with Crippen molar-refractivity contribution < 1.29 is 23.9 Å². The molecule has 2 rings (SSSR count). The van der Waals surface area contributed by atoms with Crippen LogP contribution >= 0.6 is 0 Å². The highest BCUT2D eigenvalue weighted by atomic mass is 16.5. The number of rotatable bonds is 13. The molecule has 0 radical (unpaired) electrons. The Labute approximate surface area is 202 Å². The van der Waals surface area contributed by atoms with Crippen LogP contribution in [0, 0.1) is 11.8 Å². The number of amides is 2. The van der Waals surface area contributed by atoms with Crippen LogP contribution in [-0.2, 0) is 32.1 Å². The predicted molar refractivity (Wildman–Crippen MR) is 132 cm³/mol. The minimum absolute atomic E-state index is 0.0229. The Hall–Kier alpha value is -3.41. The van der Waals surface area contributed by atoms with Crippen molar-refractivity contribution in [1.82, 2.24) is 4.90 Å². The van der Waals surface area contributed by atoms with Crippen LogP contribution in [0.15, 0.2) is 67.3 Å². The van der Waals surface area contributed by atoms with E-state index in [1.165, 1.54) is 4.90 Å². The quantitative estimate of drug-likeness (QED) is 0.237. The lowest BCUT2D eigenvalue weighted by Gasteiger charge is -2.24. The fourth-order valence-electron chi connectivity index (χ4n) is 3.89. The first-order valence-electron chi connectivity index (χ1n) is 11.6. The average Bonchev–Trinajstić information content (AvgIpc) is 2.82. The molecule has 2 amide bonds. The lowest BCUT2D eigenvalue weighted by molar-refractivity contribution is -0.152. The van der Waals surface area contributed by atoms with Crippen LogP contribution < -0.4 is 4.74 Å². The molecule has 0 N–H and O–H groups in total. The number of benzene rings is 2. The molecule has 34 heavy (non-hydrogen) atoms. The van der Waals surface area contributed by atoms with E-state index in [0.29, 0.717) is 0 Å². The normalized spacial score (nSPS) is 12.3. The van der Waals surface area contributed by atoms with Crippen molar-refractivity contribution in [1.29, 1.82) is 0 Å². The zero-order valence-corrected chi connectivity index (χ0v) is 20.4. The first kappa shape index (κ1) is 26.8. The molecular weight excluding hydrogens is 430 g/mol. The van der Waals surface area contributed by atoms with Gasteiger partial charge in [0.15, 0.2) is 0 Å². The van der Waals surface area contributed by atoms with E-state index in [2.05, 4.69) is 6.58 Å². The summed E-state index contributed by atoms with van der Waals surface area (Å²) in [5, 5.41) is 0. The molecule has 0 saturated carbocycles. The van der Waals surface area contributed by atoms with Crippen molar-refractivity contribution >= 4 is 17.8 Å². The average molecular weight is 466 g/mol. The van der Waals surface area contributed by atoms with Gasteiger partial charge in [-0.15, -0.1) is 6.58 Å². The van der Waals surface area contributed by atoms with E-state index in [0.717, 1.165) is 29.7 Å². The molecule has 2 aromatic rings. The Morgan fingerprint density at radius 3 is 2.38 bits per heavy atom. The predicted octanol–water partition coefficient (Wildman–Crippen LogP) is 4.96. The molecule has 0 aliphatic heterocycles. The fraction of sp³-hybridized carbons (Fsp3) is 0.393. The van der Waals surface area contributed by atoms with Gasteiger partial charge in [0, 0.05) is 6.42 Å².